The first-order chi connectivity index (χ1) is 18.3. The molecule has 2 aromatic carbocycles. The zero-order valence-corrected chi connectivity index (χ0v) is 22.9. The van der Waals surface area contributed by atoms with Crippen LogP contribution in [-0.2, 0) is 18.8 Å². The molecule has 0 radical (unpaired) electrons. The summed E-state index contributed by atoms with van der Waals surface area (Å²) in [5.74, 6) is 1.37. The topological polar surface area (TPSA) is 26.8 Å². The Balaban J connectivity index is 1.59. The molecule has 0 unspecified atom stereocenters. The molecule has 4 rings (SSSR count). The van der Waals surface area contributed by atoms with Crippen molar-refractivity contribution in [3.8, 4) is 0 Å². The molecule has 2 fully saturated rings. The van der Waals surface area contributed by atoms with Gasteiger partial charge in [-0.2, -0.15) is 38.1 Å². The molecule has 1 atom stereocenters. The SMILES string of the molecule is Cc1ccc(C[C@@H]2CN(CCN3CCSCC3)CCN2C(=O)c2cc(C(F)(F)F)cc(C(F)(F)F)c2)cc1C. The average molecular weight is 574 g/mol. The Bertz CT molecular complexity index is 1130. The second kappa shape index (κ2) is 12.1. The molecule has 0 aliphatic carbocycles. The molecule has 2 heterocycles. The molecule has 1 amide bonds. The van der Waals surface area contributed by atoms with Crippen LogP contribution in [0.25, 0.3) is 0 Å². The third kappa shape index (κ3) is 7.70. The van der Waals surface area contributed by atoms with Crippen molar-refractivity contribution in [2.75, 3.05) is 57.3 Å². The molecule has 2 saturated heterocycles. The number of benzene rings is 2. The highest BCUT2D eigenvalue weighted by atomic mass is 32.2. The Kier molecular flexibility index (Phi) is 9.22. The van der Waals surface area contributed by atoms with Crippen molar-refractivity contribution in [2.45, 2.75) is 38.7 Å². The number of carbonyl (C=O) groups excluding carboxylic acids is 1. The van der Waals surface area contributed by atoms with Crippen LogP contribution in [-0.4, -0.2) is 84.0 Å². The van der Waals surface area contributed by atoms with Crippen molar-refractivity contribution >= 4 is 17.7 Å². The summed E-state index contributed by atoms with van der Waals surface area (Å²) >= 11 is 1.93. The van der Waals surface area contributed by atoms with Gasteiger partial charge < -0.3 is 9.80 Å². The van der Waals surface area contributed by atoms with E-state index >= 15 is 0 Å². The van der Waals surface area contributed by atoms with Gasteiger partial charge >= 0.3 is 12.4 Å². The number of piperazine rings is 1. The lowest BCUT2D eigenvalue weighted by molar-refractivity contribution is -0.143. The van der Waals surface area contributed by atoms with Crippen LogP contribution in [0.2, 0.25) is 0 Å². The zero-order valence-electron chi connectivity index (χ0n) is 22.0. The molecule has 0 spiro atoms. The van der Waals surface area contributed by atoms with E-state index in [0.717, 1.165) is 54.4 Å². The number of rotatable bonds is 6. The number of nitrogens with zero attached hydrogens (tertiary/aromatic N) is 3. The van der Waals surface area contributed by atoms with Crippen molar-refractivity contribution < 1.29 is 31.1 Å². The van der Waals surface area contributed by atoms with Crippen LogP contribution >= 0.6 is 11.8 Å². The second-order valence-electron chi connectivity index (χ2n) is 10.3. The van der Waals surface area contributed by atoms with Crippen LogP contribution < -0.4 is 0 Å². The van der Waals surface area contributed by atoms with Crippen LogP contribution in [0, 0.1) is 13.8 Å². The van der Waals surface area contributed by atoms with Gasteiger partial charge in [-0.15, -0.1) is 0 Å². The summed E-state index contributed by atoms with van der Waals surface area (Å²) in [4.78, 5) is 19.6. The number of alkyl halides is 6. The van der Waals surface area contributed by atoms with Crippen LogP contribution in [0.3, 0.4) is 0 Å². The maximum Gasteiger partial charge on any atom is 0.416 e. The van der Waals surface area contributed by atoms with E-state index in [2.05, 4.69) is 9.80 Å². The number of carbonyl (C=O) groups is 1. The fraction of sp³-hybridized carbons (Fsp3) is 0.536. The molecule has 2 aliphatic rings. The highest BCUT2D eigenvalue weighted by molar-refractivity contribution is 7.99. The summed E-state index contributed by atoms with van der Waals surface area (Å²) in [5, 5.41) is 0. The van der Waals surface area contributed by atoms with E-state index < -0.39 is 41.0 Å². The predicted molar refractivity (Wildman–Crippen MR) is 141 cm³/mol. The smallest absolute Gasteiger partial charge is 0.333 e. The molecule has 0 aromatic heterocycles. The molecule has 0 saturated carbocycles. The lowest BCUT2D eigenvalue weighted by Gasteiger charge is -2.42. The third-order valence-corrected chi connectivity index (χ3v) is 8.48. The zero-order chi connectivity index (χ0) is 28.4. The molecule has 2 aromatic rings. The van der Waals surface area contributed by atoms with Crippen LogP contribution in [0.5, 0.6) is 0 Å². The standard InChI is InChI=1S/C28H33F6N3OS/c1-19-3-4-21(13-20(19)2)14-25-18-36(6-5-35-9-11-39-12-10-35)7-8-37(25)26(38)22-15-23(27(29,30)31)17-24(16-22)28(32,33)34/h3-4,13,15-17,25H,5-12,14,18H2,1-2H3/t25-/m1/s1. The summed E-state index contributed by atoms with van der Waals surface area (Å²) < 4.78 is 80.8. The van der Waals surface area contributed by atoms with Gasteiger partial charge in [0.25, 0.3) is 5.91 Å². The van der Waals surface area contributed by atoms with E-state index in [4.69, 9.17) is 0 Å². The number of hydrogen-bond acceptors (Lipinski definition) is 4. The summed E-state index contributed by atoms with van der Waals surface area (Å²) in [6, 6.07) is 6.69. The van der Waals surface area contributed by atoms with Crippen molar-refractivity contribution in [3.05, 3.63) is 69.8 Å². The first-order valence-electron chi connectivity index (χ1n) is 13.0. The first-order valence-corrected chi connectivity index (χ1v) is 14.2. The van der Waals surface area contributed by atoms with Crippen molar-refractivity contribution in [1.82, 2.24) is 14.7 Å². The normalized spacial score (nSPS) is 19.9. The minimum Gasteiger partial charge on any atom is -0.333 e. The Labute approximate surface area is 229 Å². The number of aryl methyl sites for hydroxylation is 2. The summed E-state index contributed by atoms with van der Waals surface area (Å²) in [6.45, 7) is 8.90. The first kappa shape index (κ1) is 29.7. The molecule has 11 heteroatoms. The Morgan fingerprint density at radius 1 is 0.821 bits per heavy atom. The van der Waals surface area contributed by atoms with Gasteiger partial charge in [-0.25, -0.2) is 0 Å². The van der Waals surface area contributed by atoms with E-state index in [9.17, 15) is 31.1 Å². The van der Waals surface area contributed by atoms with Gasteiger partial charge in [0.1, 0.15) is 0 Å². The highest BCUT2D eigenvalue weighted by Gasteiger charge is 2.39. The molecule has 214 valence electrons. The number of amides is 1. The number of hydrogen-bond donors (Lipinski definition) is 0. The number of halogens is 6. The fourth-order valence-electron chi connectivity index (χ4n) is 5.12. The van der Waals surface area contributed by atoms with Crippen molar-refractivity contribution in [2.24, 2.45) is 0 Å². The van der Waals surface area contributed by atoms with Crippen LogP contribution in [0.1, 0.15) is 38.2 Å². The van der Waals surface area contributed by atoms with Crippen LogP contribution in [0.4, 0.5) is 26.3 Å². The van der Waals surface area contributed by atoms with E-state index in [-0.39, 0.29) is 12.6 Å². The van der Waals surface area contributed by atoms with Gasteiger partial charge in [-0.05, 0) is 55.2 Å². The predicted octanol–water partition coefficient (Wildman–Crippen LogP) is 5.76. The van der Waals surface area contributed by atoms with Gasteiger partial charge in [-0.3, -0.25) is 9.69 Å². The van der Waals surface area contributed by atoms with Crippen molar-refractivity contribution in [3.63, 3.8) is 0 Å². The molecular weight excluding hydrogens is 540 g/mol. The Morgan fingerprint density at radius 3 is 2.03 bits per heavy atom. The largest absolute Gasteiger partial charge is 0.416 e. The van der Waals surface area contributed by atoms with Gasteiger partial charge in [-0.1, -0.05) is 18.2 Å². The van der Waals surface area contributed by atoms with Gasteiger partial charge in [0.2, 0.25) is 0 Å². The minimum absolute atomic E-state index is 0.0559. The summed E-state index contributed by atoms with van der Waals surface area (Å²) in [6.07, 6.45) is -9.57. The van der Waals surface area contributed by atoms with E-state index in [1.165, 1.54) is 4.90 Å². The monoisotopic (exact) mass is 573 g/mol. The quantitative estimate of drug-likeness (QED) is 0.411. The molecule has 0 bridgehead atoms. The minimum atomic E-state index is -5.01. The van der Waals surface area contributed by atoms with E-state index in [0.29, 0.717) is 31.6 Å². The molecule has 4 nitrogen and oxygen atoms in total. The van der Waals surface area contributed by atoms with Crippen molar-refractivity contribution in [1.29, 1.82) is 0 Å². The third-order valence-electron chi connectivity index (χ3n) is 7.54. The average Bonchev–Trinajstić information content (AvgIpc) is 2.89. The number of thioether (sulfide) groups is 1. The highest BCUT2D eigenvalue weighted by Crippen LogP contribution is 2.37. The van der Waals surface area contributed by atoms with Gasteiger partial charge in [0.05, 0.1) is 11.1 Å². The maximum atomic E-state index is 13.6. The molecular formula is C28H33F6N3OS. The lowest BCUT2D eigenvalue weighted by Crippen LogP contribution is -2.57. The second-order valence-corrected chi connectivity index (χ2v) is 11.5. The maximum absolute atomic E-state index is 13.6. The molecule has 0 N–H and O–H groups in total. The Morgan fingerprint density at radius 2 is 1.44 bits per heavy atom. The van der Waals surface area contributed by atoms with Crippen LogP contribution in [0.15, 0.2) is 36.4 Å². The van der Waals surface area contributed by atoms with Gasteiger partial charge in [0, 0.05) is 68.9 Å². The van der Waals surface area contributed by atoms with E-state index in [1.54, 1.807) is 0 Å². The van der Waals surface area contributed by atoms with Gasteiger partial charge in [0.15, 0.2) is 0 Å². The lowest BCUT2D eigenvalue weighted by atomic mass is 9.97. The van der Waals surface area contributed by atoms with E-state index in [1.807, 2.05) is 43.8 Å². The fourth-order valence-corrected chi connectivity index (χ4v) is 6.10. The Hall–Kier alpha value is -2.24. The summed E-state index contributed by atoms with van der Waals surface area (Å²) in [5.41, 5.74) is -0.402. The molecule has 39 heavy (non-hydrogen) atoms. The molecule has 2 aliphatic heterocycles. The summed E-state index contributed by atoms with van der Waals surface area (Å²) in [7, 11) is 0.